The molecule has 0 spiro atoms. The number of halogens is 1. The van der Waals surface area contributed by atoms with E-state index < -0.39 is 0 Å². The van der Waals surface area contributed by atoms with Crippen LogP contribution in [0.25, 0.3) is 11.1 Å². The fourth-order valence-corrected chi connectivity index (χ4v) is 2.00. The van der Waals surface area contributed by atoms with Crippen molar-refractivity contribution in [2.75, 3.05) is 0 Å². The highest BCUT2D eigenvalue weighted by Crippen LogP contribution is 2.36. The van der Waals surface area contributed by atoms with Crippen LogP contribution >= 0.6 is 0 Å². The fourth-order valence-electron chi connectivity index (χ4n) is 2.00. The van der Waals surface area contributed by atoms with Crippen LogP contribution in [-0.4, -0.2) is 5.78 Å². The minimum absolute atomic E-state index is 0.0832. The van der Waals surface area contributed by atoms with Gasteiger partial charge in [0.05, 0.1) is 0 Å². The third-order valence-electron chi connectivity index (χ3n) is 2.69. The minimum atomic E-state index is -0.366. The Labute approximate surface area is 86.2 Å². The minimum Gasteiger partial charge on any atom is -0.289 e. The lowest BCUT2D eigenvalue weighted by atomic mass is 10.1. The summed E-state index contributed by atoms with van der Waals surface area (Å²) in [4.78, 5) is 11.9. The van der Waals surface area contributed by atoms with Gasteiger partial charge in [0.1, 0.15) is 5.82 Å². The van der Waals surface area contributed by atoms with E-state index in [-0.39, 0.29) is 11.6 Å². The number of rotatable bonds is 0. The second kappa shape index (κ2) is 2.76. The third-order valence-corrected chi connectivity index (χ3v) is 2.69. The van der Waals surface area contributed by atoms with E-state index in [2.05, 4.69) is 0 Å². The fraction of sp³-hybridized carbons (Fsp3) is 0. The maximum atomic E-state index is 13.0. The van der Waals surface area contributed by atoms with E-state index in [1.807, 2.05) is 18.2 Å². The first kappa shape index (κ1) is 8.36. The van der Waals surface area contributed by atoms with Gasteiger partial charge >= 0.3 is 0 Å². The zero-order valence-corrected chi connectivity index (χ0v) is 7.83. The van der Waals surface area contributed by atoms with Crippen LogP contribution in [0.3, 0.4) is 0 Å². The van der Waals surface area contributed by atoms with Crippen molar-refractivity contribution in [1.29, 1.82) is 0 Å². The van der Waals surface area contributed by atoms with Gasteiger partial charge in [-0.1, -0.05) is 30.3 Å². The molecule has 1 aliphatic carbocycles. The molecule has 2 heteroatoms. The molecular weight excluding hydrogens is 191 g/mol. The third kappa shape index (κ3) is 1.05. The summed E-state index contributed by atoms with van der Waals surface area (Å²) < 4.78 is 13.0. The van der Waals surface area contributed by atoms with Gasteiger partial charge in [-0.25, -0.2) is 4.39 Å². The molecule has 1 aliphatic rings. The van der Waals surface area contributed by atoms with Gasteiger partial charge in [-0.15, -0.1) is 0 Å². The summed E-state index contributed by atoms with van der Waals surface area (Å²) in [6.45, 7) is 0. The Hall–Kier alpha value is -1.96. The van der Waals surface area contributed by atoms with E-state index in [1.54, 1.807) is 12.1 Å². The number of carbonyl (C=O) groups excluding carboxylic acids is 1. The molecule has 2 aromatic rings. The predicted octanol–water partition coefficient (Wildman–Crippen LogP) is 3.04. The van der Waals surface area contributed by atoms with Crippen molar-refractivity contribution in [3.63, 3.8) is 0 Å². The summed E-state index contributed by atoms with van der Waals surface area (Å²) in [6.07, 6.45) is 0. The van der Waals surface area contributed by atoms with Crippen molar-refractivity contribution < 1.29 is 9.18 Å². The molecule has 3 rings (SSSR count). The molecule has 0 saturated carbocycles. The van der Waals surface area contributed by atoms with Crippen LogP contribution in [0, 0.1) is 5.82 Å². The topological polar surface area (TPSA) is 17.1 Å². The maximum Gasteiger partial charge on any atom is 0.194 e. The number of hydrogen-bond donors (Lipinski definition) is 0. The highest BCUT2D eigenvalue weighted by Gasteiger charge is 2.25. The Morgan fingerprint density at radius 3 is 2.27 bits per heavy atom. The Morgan fingerprint density at radius 2 is 1.47 bits per heavy atom. The SMILES string of the molecule is O=C1c2ccccc2-c2ccc(F)cc21. The molecular formula is C13H7FO. The number of fused-ring (bicyclic) bond motifs is 3. The molecule has 0 N–H and O–H groups in total. The molecule has 15 heavy (non-hydrogen) atoms. The average molecular weight is 198 g/mol. The lowest BCUT2D eigenvalue weighted by molar-refractivity contribution is 0.104. The Balaban J connectivity index is 2.38. The highest BCUT2D eigenvalue weighted by atomic mass is 19.1. The van der Waals surface area contributed by atoms with E-state index in [0.29, 0.717) is 11.1 Å². The second-order valence-electron chi connectivity index (χ2n) is 3.56. The summed E-state index contributed by atoms with van der Waals surface area (Å²) in [5.41, 5.74) is 2.86. The van der Waals surface area contributed by atoms with Crippen LogP contribution in [-0.2, 0) is 0 Å². The molecule has 0 heterocycles. The lowest BCUT2D eigenvalue weighted by Gasteiger charge is -1.97. The van der Waals surface area contributed by atoms with Gasteiger partial charge in [0.2, 0.25) is 0 Å². The van der Waals surface area contributed by atoms with Gasteiger partial charge in [-0.3, -0.25) is 4.79 Å². The Kier molecular flexibility index (Phi) is 1.54. The first-order chi connectivity index (χ1) is 7.27. The summed E-state index contributed by atoms with van der Waals surface area (Å²) >= 11 is 0. The molecule has 0 aliphatic heterocycles. The Morgan fingerprint density at radius 1 is 0.800 bits per heavy atom. The number of carbonyl (C=O) groups is 1. The molecule has 1 nitrogen and oxygen atoms in total. The standard InChI is InChI=1S/C13H7FO/c14-8-5-6-10-9-3-1-2-4-11(9)13(15)12(10)7-8/h1-7H. The molecule has 2 aromatic carbocycles. The average Bonchev–Trinajstić information content (AvgIpc) is 2.54. The van der Waals surface area contributed by atoms with Gasteiger partial charge in [0.25, 0.3) is 0 Å². The second-order valence-corrected chi connectivity index (χ2v) is 3.56. The maximum absolute atomic E-state index is 13.0. The number of ketones is 1. The van der Waals surface area contributed by atoms with Crippen LogP contribution in [0.1, 0.15) is 15.9 Å². The summed E-state index contributed by atoms with van der Waals surface area (Å²) in [5, 5.41) is 0. The van der Waals surface area contributed by atoms with E-state index in [9.17, 15) is 9.18 Å². The molecule has 0 unspecified atom stereocenters. The number of hydrogen-bond acceptors (Lipinski definition) is 1. The molecule has 72 valence electrons. The zero-order valence-electron chi connectivity index (χ0n) is 7.83. The molecule has 0 aromatic heterocycles. The smallest absolute Gasteiger partial charge is 0.194 e. The van der Waals surface area contributed by atoms with Crippen LogP contribution in [0.4, 0.5) is 4.39 Å². The largest absolute Gasteiger partial charge is 0.289 e. The highest BCUT2D eigenvalue weighted by molar-refractivity contribution is 6.21. The summed E-state index contributed by atoms with van der Waals surface area (Å²) in [6, 6.07) is 11.7. The quantitative estimate of drug-likeness (QED) is 0.542. The predicted molar refractivity (Wildman–Crippen MR) is 55.3 cm³/mol. The molecule has 0 radical (unpaired) electrons. The summed E-state index contributed by atoms with van der Waals surface area (Å²) in [5.74, 6) is -0.449. The first-order valence-electron chi connectivity index (χ1n) is 4.71. The van der Waals surface area contributed by atoms with Crippen molar-refractivity contribution in [2.45, 2.75) is 0 Å². The van der Waals surface area contributed by atoms with Gasteiger partial charge in [0, 0.05) is 11.1 Å². The normalized spacial score (nSPS) is 12.5. The monoisotopic (exact) mass is 198 g/mol. The van der Waals surface area contributed by atoms with E-state index in [4.69, 9.17) is 0 Å². The van der Waals surface area contributed by atoms with E-state index in [0.717, 1.165) is 11.1 Å². The molecule has 0 fully saturated rings. The van der Waals surface area contributed by atoms with Crippen LogP contribution < -0.4 is 0 Å². The number of benzene rings is 2. The van der Waals surface area contributed by atoms with Crippen molar-refractivity contribution in [2.24, 2.45) is 0 Å². The first-order valence-corrected chi connectivity index (χ1v) is 4.71. The van der Waals surface area contributed by atoms with Gasteiger partial charge in [-0.2, -0.15) is 0 Å². The van der Waals surface area contributed by atoms with Crippen molar-refractivity contribution in [3.05, 3.63) is 59.4 Å². The van der Waals surface area contributed by atoms with Crippen LogP contribution in [0.5, 0.6) is 0 Å². The molecule has 0 bridgehead atoms. The van der Waals surface area contributed by atoms with Gasteiger partial charge in [-0.05, 0) is 23.3 Å². The van der Waals surface area contributed by atoms with Crippen LogP contribution in [0.2, 0.25) is 0 Å². The van der Waals surface area contributed by atoms with Crippen LogP contribution in [0.15, 0.2) is 42.5 Å². The van der Waals surface area contributed by atoms with Gasteiger partial charge in [0.15, 0.2) is 5.78 Å². The molecule has 0 atom stereocenters. The summed E-state index contributed by atoms with van der Waals surface area (Å²) in [7, 11) is 0. The van der Waals surface area contributed by atoms with Crippen molar-refractivity contribution >= 4 is 5.78 Å². The van der Waals surface area contributed by atoms with Crippen molar-refractivity contribution in [3.8, 4) is 11.1 Å². The van der Waals surface area contributed by atoms with E-state index in [1.165, 1.54) is 12.1 Å². The van der Waals surface area contributed by atoms with Crippen molar-refractivity contribution in [1.82, 2.24) is 0 Å². The zero-order chi connectivity index (χ0) is 10.4. The van der Waals surface area contributed by atoms with E-state index >= 15 is 0 Å². The Bertz CT molecular complexity index is 572. The lowest BCUT2D eigenvalue weighted by Crippen LogP contribution is -1.94. The van der Waals surface area contributed by atoms with Gasteiger partial charge < -0.3 is 0 Å². The molecule has 0 amide bonds. The molecule has 0 saturated heterocycles.